The SMILES string of the molecule is COc1cccc(Cn2c(C(=O)N3CCN(C(=O)c4ccc(F)cc4)C(C)C3)cc3ccoc32)c1. The molecule has 3 heterocycles. The monoisotopic (exact) mass is 475 g/mol. The summed E-state index contributed by atoms with van der Waals surface area (Å²) in [7, 11) is 1.62. The molecule has 1 atom stereocenters. The molecule has 4 aromatic rings. The fraction of sp³-hybridized carbons (Fsp3) is 0.259. The number of carbonyl (C=O) groups is 2. The van der Waals surface area contributed by atoms with Crippen LogP contribution in [0.1, 0.15) is 33.3 Å². The van der Waals surface area contributed by atoms with Crippen LogP contribution in [-0.2, 0) is 6.54 Å². The number of furan rings is 1. The quantitative estimate of drug-likeness (QED) is 0.429. The number of methoxy groups -OCH3 is 1. The van der Waals surface area contributed by atoms with Gasteiger partial charge in [-0.1, -0.05) is 12.1 Å². The molecule has 1 aliphatic rings. The van der Waals surface area contributed by atoms with Gasteiger partial charge < -0.3 is 23.5 Å². The van der Waals surface area contributed by atoms with Crippen molar-refractivity contribution in [2.45, 2.75) is 19.5 Å². The number of fused-ring (bicyclic) bond motifs is 1. The maximum absolute atomic E-state index is 13.6. The number of hydrogen-bond donors (Lipinski definition) is 0. The van der Waals surface area contributed by atoms with Gasteiger partial charge in [-0.15, -0.1) is 0 Å². The Morgan fingerprint density at radius 2 is 1.86 bits per heavy atom. The first-order valence-corrected chi connectivity index (χ1v) is 11.5. The van der Waals surface area contributed by atoms with E-state index in [1.165, 1.54) is 24.3 Å². The second-order valence-electron chi connectivity index (χ2n) is 8.75. The lowest BCUT2D eigenvalue weighted by molar-refractivity contribution is 0.0409. The van der Waals surface area contributed by atoms with Gasteiger partial charge >= 0.3 is 0 Å². The van der Waals surface area contributed by atoms with Gasteiger partial charge in [-0.3, -0.25) is 9.59 Å². The standard InChI is InChI=1S/C27H26FN3O4/c1-18-16-29(11-12-30(18)25(32)20-6-8-22(28)9-7-20)26(33)24-15-21-10-13-35-27(21)31(24)17-19-4-3-5-23(14-19)34-2/h3-10,13-15,18H,11-12,16-17H2,1-2H3. The maximum atomic E-state index is 13.6. The highest BCUT2D eigenvalue weighted by molar-refractivity contribution is 5.98. The molecule has 1 aliphatic heterocycles. The second kappa shape index (κ2) is 9.29. The van der Waals surface area contributed by atoms with E-state index in [2.05, 4.69) is 0 Å². The molecule has 1 unspecified atom stereocenters. The molecule has 35 heavy (non-hydrogen) atoms. The Hall–Kier alpha value is -4.07. The zero-order chi connectivity index (χ0) is 24.5. The van der Waals surface area contributed by atoms with Crippen molar-refractivity contribution in [2.24, 2.45) is 0 Å². The zero-order valence-corrected chi connectivity index (χ0v) is 19.6. The first-order valence-electron chi connectivity index (χ1n) is 11.5. The van der Waals surface area contributed by atoms with Crippen LogP contribution in [0.2, 0.25) is 0 Å². The molecule has 2 amide bonds. The summed E-state index contributed by atoms with van der Waals surface area (Å²) in [5.41, 5.74) is 2.59. The summed E-state index contributed by atoms with van der Waals surface area (Å²) >= 11 is 0. The zero-order valence-electron chi connectivity index (χ0n) is 19.6. The highest BCUT2D eigenvalue weighted by atomic mass is 19.1. The van der Waals surface area contributed by atoms with Crippen LogP contribution in [-0.4, -0.2) is 59.0 Å². The first kappa shape index (κ1) is 22.7. The average molecular weight is 476 g/mol. The lowest BCUT2D eigenvalue weighted by Crippen LogP contribution is -2.55. The Labute approximate surface area is 202 Å². The minimum Gasteiger partial charge on any atom is -0.497 e. The predicted octanol–water partition coefficient (Wildman–Crippen LogP) is 4.42. The Morgan fingerprint density at radius 1 is 1.06 bits per heavy atom. The number of amides is 2. The largest absolute Gasteiger partial charge is 0.497 e. The van der Waals surface area contributed by atoms with E-state index in [9.17, 15) is 14.0 Å². The molecule has 2 aromatic carbocycles. The van der Waals surface area contributed by atoms with Crippen LogP contribution in [0.25, 0.3) is 11.1 Å². The van der Waals surface area contributed by atoms with E-state index < -0.39 is 0 Å². The van der Waals surface area contributed by atoms with Crippen molar-refractivity contribution in [3.05, 3.63) is 89.6 Å². The van der Waals surface area contributed by atoms with E-state index in [0.717, 1.165) is 16.7 Å². The lowest BCUT2D eigenvalue weighted by atomic mass is 10.1. The van der Waals surface area contributed by atoms with Crippen molar-refractivity contribution in [3.8, 4) is 5.75 Å². The molecule has 2 aromatic heterocycles. The van der Waals surface area contributed by atoms with Crippen molar-refractivity contribution in [3.63, 3.8) is 0 Å². The van der Waals surface area contributed by atoms with Crippen molar-refractivity contribution in [1.82, 2.24) is 14.4 Å². The number of nitrogens with zero attached hydrogens (tertiary/aromatic N) is 3. The van der Waals surface area contributed by atoms with E-state index in [1.54, 1.807) is 23.2 Å². The number of aromatic nitrogens is 1. The van der Waals surface area contributed by atoms with Gasteiger partial charge in [0.1, 0.15) is 17.3 Å². The van der Waals surface area contributed by atoms with Crippen molar-refractivity contribution in [2.75, 3.05) is 26.7 Å². The summed E-state index contributed by atoms with van der Waals surface area (Å²) in [5.74, 6) is 0.0882. The van der Waals surface area contributed by atoms with Crippen molar-refractivity contribution in [1.29, 1.82) is 0 Å². The summed E-state index contributed by atoms with van der Waals surface area (Å²) < 4.78 is 26.2. The van der Waals surface area contributed by atoms with Crippen LogP contribution in [0.3, 0.4) is 0 Å². The van der Waals surface area contributed by atoms with E-state index >= 15 is 0 Å². The molecule has 0 bridgehead atoms. The molecule has 0 radical (unpaired) electrons. The molecule has 8 heteroatoms. The Morgan fingerprint density at radius 3 is 2.60 bits per heavy atom. The average Bonchev–Trinajstić information content (AvgIpc) is 3.46. The number of piperazine rings is 1. The van der Waals surface area contributed by atoms with Gasteiger partial charge in [0, 0.05) is 36.6 Å². The van der Waals surface area contributed by atoms with Crippen LogP contribution >= 0.6 is 0 Å². The van der Waals surface area contributed by atoms with E-state index in [1.807, 2.05) is 47.9 Å². The Kier molecular flexibility index (Phi) is 6.03. The summed E-state index contributed by atoms with van der Waals surface area (Å²) in [6.45, 7) is 3.57. The van der Waals surface area contributed by atoms with Crippen molar-refractivity contribution >= 4 is 22.9 Å². The van der Waals surface area contributed by atoms with Gasteiger partial charge in [0.25, 0.3) is 11.8 Å². The first-order chi connectivity index (χ1) is 16.9. The molecule has 0 N–H and O–H groups in total. The smallest absolute Gasteiger partial charge is 0.270 e. The van der Waals surface area contributed by atoms with Gasteiger partial charge in [-0.05, 0) is 61.0 Å². The number of halogens is 1. The molecular weight excluding hydrogens is 449 g/mol. The highest BCUT2D eigenvalue weighted by Crippen LogP contribution is 2.26. The fourth-order valence-electron chi connectivity index (χ4n) is 4.63. The molecule has 1 fully saturated rings. The van der Waals surface area contributed by atoms with Crippen LogP contribution < -0.4 is 4.74 Å². The van der Waals surface area contributed by atoms with E-state index in [4.69, 9.17) is 9.15 Å². The Bertz CT molecular complexity index is 1370. The third kappa shape index (κ3) is 4.39. The van der Waals surface area contributed by atoms with E-state index in [-0.39, 0.29) is 23.7 Å². The number of carbonyl (C=O) groups excluding carboxylic acids is 2. The van der Waals surface area contributed by atoms with Gasteiger partial charge in [0.05, 0.1) is 19.9 Å². The molecule has 0 aliphatic carbocycles. The molecule has 0 spiro atoms. The summed E-state index contributed by atoms with van der Waals surface area (Å²) in [4.78, 5) is 30.1. The molecule has 5 rings (SSSR count). The molecule has 7 nitrogen and oxygen atoms in total. The lowest BCUT2D eigenvalue weighted by Gasteiger charge is -2.40. The molecule has 0 saturated carbocycles. The second-order valence-corrected chi connectivity index (χ2v) is 8.75. The van der Waals surface area contributed by atoms with Gasteiger partial charge in [0.2, 0.25) is 5.71 Å². The number of ether oxygens (including phenoxy) is 1. The summed E-state index contributed by atoms with van der Waals surface area (Å²) in [6, 6.07) is 16.8. The van der Waals surface area contributed by atoms with Crippen LogP contribution in [0.4, 0.5) is 4.39 Å². The van der Waals surface area contributed by atoms with Gasteiger partial charge in [-0.2, -0.15) is 0 Å². The Balaban J connectivity index is 1.36. The van der Waals surface area contributed by atoms with Crippen LogP contribution in [0, 0.1) is 5.82 Å². The molecule has 1 saturated heterocycles. The highest BCUT2D eigenvalue weighted by Gasteiger charge is 2.32. The predicted molar refractivity (Wildman–Crippen MR) is 129 cm³/mol. The third-order valence-corrected chi connectivity index (χ3v) is 6.46. The van der Waals surface area contributed by atoms with E-state index in [0.29, 0.717) is 43.1 Å². The number of hydrogen-bond acceptors (Lipinski definition) is 4. The number of benzene rings is 2. The normalized spacial score (nSPS) is 16.0. The minimum absolute atomic E-state index is 0.111. The minimum atomic E-state index is -0.382. The molecule has 180 valence electrons. The molecular formula is C27H26FN3O4. The van der Waals surface area contributed by atoms with Crippen LogP contribution in [0.5, 0.6) is 5.75 Å². The van der Waals surface area contributed by atoms with Crippen LogP contribution in [0.15, 0.2) is 71.3 Å². The maximum Gasteiger partial charge on any atom is 0.270 e. The van der Waals surface area contributed by atoms with Crippen molar-refractivity contribution < 1.29 is 23.1 Å². The number of rotatable bonds is 5. The summed E-state index contributed by atoms with van der Waals surface area (Å²) in [5, 5.41) is 0.856. The van der Waals surface area contributed by atoms with Gasteiger partial charge in [-0.25, -0.2) is 4.39 Å². The topological polar surface area (TPSA) is 67.9 Å². The third-order valence-electron chi connectivity index (χ3n) is 6.46. The van der Waals surface area contributed by atoms with Gasteiger partial charge in [0.15, 0.2) is 0 Å². The fourth-order valence-corrected chi connectivity index (χ4v) is 4.63. The summed E-state index contributed by atoms with van der Waals surface area (Å²) in [6.07, 6.45) is 1.61.